The SMILES string of the molecule is Cc1cc(C(=O)NCC2CCC(c3ccnc4ccc(F)cc34)CC2)c(-c2cccc(O)c2O)[nH]1. The summed E-state index contributed by atoms with van der Waals surface area (Å²) in [5.41, 5.74) is 4.04. The number of aromatic hydroxyl groups is 2. The minimum atomic E-state index is -0.259. The van der Waals surface area contributed by atoms with Crippen LogP contribution in [0.1, 0.15) is 53.2 Å². The van der Waals surface area contributed by atoms with E-state index in [0.29, 0.717) is 35.2 Å². The first-order chi connectivity index (χ1) is 16.9. The predicted molar refractivity (Wildman–Crippen MR) is 133 cm³/mol. The molecule has 2 heterocycles. The van der Waals surface area contributed by atoms with Gasteiger partial charge in [0.1, 0.15) is 5.82 Å². The van der Waals surface area contributed by atoms with Gasteiger partial charge >= 0.3 is 0 Å². The van der Waals surface area contributed by atoms with E-state index in [0.717, 1.165) is 47.8 Å². The molecule has 0 saturated heterocycles. The van der Waals surface area contributed by atoms with Gasteiger partial charge in [0.05, 0.1) is 16.8 Å². The van der Waals surface area contributed by atoms with Gasteiger partial charge in [0.25, 0.3) is 5.91 Å². The van der Waals surface area contributed by atoms with Crippen molar-refractivity contribution in [2.45, 2.75) is 38.5 Å². The molecule has 4 aromatic rings. The molecule has 7 heteroatoms. The summed E-state index contributed by atoms with van der Waals surface area (Å²) >= 11 is 0. The molecule has 5 rings (SSSR count). The average molecular weight is 474 g/mol. The fourth-order valence-electron chi connectivity index (χ4n) is 5.22. The summed E-state index contributed by atoms with van der Waals surface area (Å²) in [6, 6.07) is 13.2. The summed E-state index contributed by atoms with van der Waals surface area (Å²) in [4.78, 5) is 20.5. The first-order valence-corrected chi connectivity index (χ1v) is 11.9. The second-order valence-corrected chi connectivity index (χ2v) is 9.40. The number of aromatic amines is 1. The molecular formula is C28H28FN3O3. The zero-order valence-corrected chi connectivity index (χ0v) is 19.5. The van der Waals surface area contributed by atoms with E-state index in [1.165, 1.54) is 12.1 Å². The number of phenols is 2. The van der Waals surface area contributed by atoms with Crippen molar-refractivity contribution >= 4 is 16.8 Å². The zero-order chi connectivity index (χ0) is 24.5. The Kier molecular flexibility index (Phi) is 6.16. The van der Waals surface area contributed by atoms with Crippen molar-refractivity contribution in [2.24, 2.45) is 5.92 Å². The van der Waals surface area contributed by atoms with Gasteiger partial charge in [-0.2, -0.15) is 0 Å². The summed E-state index contributed by atoms with van der Waals surface area (Å²) in [5, 5.41) is 24.1. The number of aromatic nitrogens is 2. The third-order valence-corrected chi connectivity index (χ3v) is 7.06. The van der Waals surface area contributed by atoms with Crippen LogP contribution in [0.25, 0.3) is 22.2 Å². The Hall–Kier alpha value is -3.87. The van der Waals surface area contributed by atoms with Gasteiger partial charge in [-0.3, -0.25) is 9.78 Å². The standard InChI is InChI=1S/C28H28FN3O3/c1-16-13-23(26(32-16)21-3-2-4-25(33)27(21)34)28(35)31-15-17-5-7-18(8-6-17)20-11-12-30-24-10-9-19(29)14-22(20)24/h2-4,9-14,17-18,32-34H,5-8,15H2,1H3,(H,31,35). The molecule has 0 bridgehead atoms. The van der Waals surface area contributed by atoms with Crippen LogP contribution < -0.4 is 5.32 Å². The summed E-state index contributed by atoms with van der Waals surface area (Å²) in [6.07, 6.45) is 5.68. The maximum atomic E-state index is 13.8. The maximum Gasteiger partial charge on any atom is 0.253 e. The number of carbonyl (C=O) groups excluding carboxylic acids is 1. The third kappa shape index (κ3) is 4.58. The summed E-state index contributed by atoms with van der Waals surface area (Å²) < 4.78 is 13.8. The largest absolute Gasteiger partial charge is 0.504 e. The number of nitrogens with one attached hydrogen (secondary N) is 2. The number of aryl methyl sites for hydroxylation is 1. The number of para-hydroxylation sites is 1. The van der Waals surface area contributed by atoms with Crippen LogP contribution in [0.5, 0.6) is 11.5 Å². The lowest BCUT2D eigenvalue weighted by Gasteiger charge is -2.29. The van der Waals surface area contributed by atoms with E-state index in [1.54, 1.807) is 36.5 Å². The Morgan fingerprint density at radius 2 is 1.91 bits per heavy atom. The highest BCUT2D eigenvalue weighted by Gasteiger charge is 2.25. The molecule has 2 aromatic heterocycles. The Balaban J connectivity index is 1.24. The quantitative estimate of drug-likeness (QED) is 0.276. The molecule has 0 atom stereocenters. The van der Waals surface area contributed by atoms with Crippen molar-refractivity contribution in [3.8, 4) is 22.8 Å². The van der Waals surface area contributed by atoms with E-state index in [1.807, 2.05) is 13.0 Å². The van der Waals surface area contributed by atoms with Gasteiger partial charge in [-0.05, 0) is 92.5 Å². The number of fused-ring (bicyclic) bond motifs is 1. The van der Waals surface area contributed by atoms with E-state index in [2.05, 4.69) is 15.3 Å². The first-order valence-electron chi connectivity index (χ1n) is 11.9. The lowest BCUT2D eigenvalue weighted by Crippen LogP contribution is -2.31. The number of carbonyl (C=O) groups is 1. The number of hydrogen-bond acceptors (Lipinski definition) is 4. The number of rotatable bonds is 5. The Labute approximate surface area is 202 Å². The number of pyridine rings is 1. The summed E-state index contributed by atoms with van der Waals surface area (Å²) in [5.74, 6) is -0.251. The zero-order valence-electron chi connectivity index (χ0n) is 19.5. The van der Waals surface area contributed by atoms with Crippen LogP contribution in [0.3, 0.4) is 0 Å². The molecule has 1 saturated carbocycles. The molecule has 0 radical (unpaired) electrons. The summed E-state index contributed by atoms with van der Waals surface area (Å²) in [6.45, 7) is 2.41. The van der Waals surface area contributed by atoms with Crippen LogP contribution in [-0.4, -0.2) is 32.6 Å². The number of hydrogen-bond donors (Lipinski definition) is 4. The van der Waals surface area contributed by atoms with E-state index >= 15 is 0 Å². The molecule has 1 aliphatic rings. The van der Waals surface area contributed by atoms with Gasteiger partial charge in [0.15, 0.2) is 11.5 Å². The van der Waals surface area contributed by atoms with Crippen molar-refractivity contribution in [3.05, 3.63) is 77.4 Å². The van der Waals surface area contributed by atoms with E-state index in [9.17, 15) is 19.4 Å². The van der Waals surface area contributed by atoms with Gasteiger partial charge in [-0.25, -0.2) is 4.39 Å². The summed E-state index contributed by atoms with van der Waals surface area (Å²) in [7, 11) is 0. The molecule has 4 N–H and O–H groups in total. The van der Waals surface area contributed by atoms with Crippen LogP contribution in [-0.2, 0) is 0 Å². The number of H-pyrrole nitrogens is 1. The van der Waals surface area contributed by atoms with Gasteiger partial charge < -0.3 is 20.5 Å². The Morgan fingerprint density at radius 3 is 2.71 bits per heavy atom. The highest BCUT2D eigenvalue weighted by molar-refractivity contribution is 6.01. The lowest BCUT2D eigenvalue weighted by atomic mass is 9.78. The molecule has 6 nitrogen and oxygen atoms in total. The van der Waals surface area contributed by atoms with Crippen molar-refractivity contribution in [3.63, 3.8) is 0 Å². The van der Waals surface area contributed by atoms with Crippen molar-refractivity contribution in [1.29, 1.82) is 0 Å². The third-order valence-electron chi connectivity index (χ3n) is 7.06. The van der Waals surface area contributed by atoms with E-state index < -0.39 is 0 Å². The van der Waals surface area contributed by atoms with E-state index in [-0.39, 0.29) is 23.2 Å². The number of halogens is 1. The van der Waals surface area contributed by atoms with Gasteiger partial charge in [0, 0.05) is 29.4 Å². The Morgan fingerprint density at radius 1 is 1.11 bits per heavy atom. The molecule has 1 aliphatic carbocycles. The average Bonchev–Trinajstić information content (AvgIpc) is 3.25. The molecular weight excluding hydrogens is 445 g/mol. The number of nitrogens with zero attached hydrogens (tertiary/aromatic N) is 1. The van der Waals surface area contributed by atoms with Gasteiger partial charge in [-0.15, -0.1) is 0 Å². The number of benzene rings is 2. The molecule has 0 aliphatic heterocycles. The molecule has 2 aromatic carbocycles. The van der Waals surface area contributed by atoms with Crippen molar-refractivity contribution in [1.82, 2.24) is 15.3 Å². The lowest BCUT2D eigenvalue weighted by molar-refractivity contribution is 0.0943. The topological polar surface area (TPSA) is 98.2 Å². The minimum absolute atomic E-state index is 0.218. The highest BCUT2D eigenvalue weighted by atomic mass is 19.1. The van der Waals surface area contributed by atoms with Crippen LogP contribution in [0.4, 0.5) is 4.39 Å². The molecule has 1 amide bonds. The second-order valence-electron chi connectivity index (χ2n) is 9.40. The van der Waals surface area contributed by atoms with Crippen molar-refractivity contribution < 1.29 is 19.4 Å². The van der Waals surface area contributed by atoms with Gasteiger partial charge in [-0.1, -0.05) is 6.07 Å². The normalized spacial score (nSPS) is 18.0. The monoisotopic (exact) mass is 473 g/mol. The van der Waals surface area contributed by atoms with Gasteiger partial charge in [0.2, 0.25) is 0 Å². The van der Waals surface area contributed by atoms with Crippen LogP contribution >= 0.6 is 0 Å². The second kappa shape index (κ2) is 9.41. The van der Waals surface area contributed by atoms with Crippen molar-refractivity contribution in [2.75, 3.05) is 6.54 Å². The first kappa shape index (κ1) is 22.9. The molecule has 180 valence electrons. The fourth-order valence-corrected chi connectivity index (χ4v) is 5.22. The smallest absolute Gasteiger partial charge is 0.253 e. The van der Waals surface area contributed by atoms with Crippen LogP contribution in [0.15, 0.2) is 54.7 Å². The molecule has 0 spiro atoms. The molecule has 1 fully saturated rings. The van der Waals surface area contributed by atoms with E-state index in [4.69, 9.17) is 0 Å². The molecule has 0 unspecified atom stereocenters. The maximum absolute atomic E-state index is 13.8. The molecule has 35 heavy (non-hydrogen) atoms. The highest BCUT2D eigenvalue weighted by Crippen LogP contribution is 2.39. The van der Waals surface area contributed by atoms with Crippen LogP contribution in [0.2, 0.25) is 0 Å². The Bertz CT molecular complexity index is 1390. The minimum Gasteiger partial charge on any atom is -0.504 e. The number of phenolic OH excluding ortho intramolecular Hbond substituents is 2. The predicted octanol–water partition coefficient (Wildman–Crippen LogP) is 5.79. The fraction of sp³-hybridized carbons (Fsp3) is 0.286. The number of amides is 1. The van der Waals surface area contributed by atoms with Crippen LogP contribution in [0, 0.1) is 18.7 Å².